The summed E-state index contributed by atoms with van der Waals surface area (Å²) in [4.78, 5) is 2.43. The van der Waals surface area contributed by atoms with Crippen LogP contribution in [0.25, 0.3) is 0 Å². The van der Waals surface area contributed by atoms with E-state index in [9.17, 15) is 0 Å². The summed E-state index contributed by atoms with van der Waals surface area (Å²) in [7, 11) is 1.55. The molecule has 2 nitrogen and oxygen atoms in total. The van der Waals surface area contributed by atoms with Crippen molar-refractivity contribution in [1.82, 2.24) is 0 Å². The predicted molar refractivity (Wildman–Crippen MR) is 71.5 cm³/mol. The normalized spacial score (nSPS) is 9.53. The van der Waals surface area contributed by atoms with Gasteiger partial charge < -0.3 is 4.74 Å². The minimum Gasteiger partial charge on any atom is -0.474 e. The molecule has 4 heteroatoms. The number of nitrogens with zero attached hydrogens (tertiary/aromatic N) is 1. The second kappa shape index (κ2) is 5.19. The molecule has 0 aliphatic heterocycles. The van der Waals surface area contributed by atoms with Gasteiger partial charge in [-0.05, 0) is 37.7 Å². The topological polar surface area (TPSA) is 12.5 Å². The van der Waals surface area contributed by atoms with Crippen LogP contribution in [0, 0.1) is 6.92 Å². The Morgan fingerprint density at radius 3 is 2.33 bits per heavy atom. The predicted octanol–water partition coefficient (Wildman–Crippen LogP) is 3.08. The van der Waals surface area contributed by atoms with E-state index in [2.05, 4.69) is 0 Å². The lowest BCUT2D eigenvalue weighted by Crippen LogP contribution is -2.34. The van der Waals surface area contributed by atoms with Gasteiger partial charge in [0.15, 0.2) is 0 Å². The van der Waals surface area contributed by atoms with Crippen LogP contribution in [0.15, 0.2) is 24.3 Å². The van der Waals surface area contributed by atoms with E-state index in [1.807, 2.05) is 38.1 Å². The summed E-state index contributed by atoms with van der Waals surface area (Å²) in [6.45, 7) is 3.84. The van der Waals surface area contributed by atoms with Crippen molar-refractivity contribution in [2.24, 2.45) is 0 Å². The molecule has 15 heavy (non-hydrogen) atoms. The monoisotopic (exact) mass is 239 g/mol. The van der Waals surface area contributed by atoms with Crippen LogP contribution in [-0.2, 0) is 4.74 Å². The summed E-state index contributed by atoms with van der Waals surface area (Å²) >= 11 is 10.3. The van der Waals surface area contributed by atoms with Crippen LogP contribution in [0.5, 0.6) is 0 Å². The van der Waals surface area contributed by atoms with Gasteiger partial charge in [-0.3, -0.25) is 4.90 Å². The van der Waals surface area contributed by atoms with Crippen LogP contribution >= 0.6 is 24.4 Å². The summed E-state index contributed by atoms with van der Waals surface area (Å²) in [5.74, 6) is 0. The molecule has 0 atom stereocenters. The summed E-state index contributed by atoms with van der Waals surface area (Å²) in [6.07, 6.45) is 0. The maximum absolute atomic E-state index is 5.16. The van der Waals surface area contributed by atoms with E-state index in [4.69, 9.17) is 29.2 Å². The fraction of sp³-hybridized carbons (Fsp3) is 0.273. The third-order valence-corrected chi connectivity index (χ3v) is 2.56. The van der Waals surface area contributed by atoms with Gasteiger partial charge in [-0.2, -0.15) is 0 Å². The lowest BCUT2D eigenvalue weighted by molar-refractivity contribution is 0.408. The number of hydrogen-bond acceptors (Lipinski definition) is 3. The Morgan fingerprint density at radius 1 is 1.27 bits per heavy atom. The number of benzene rings is 1. The maximum Gasteiger partial charge on any atom is 0.268 e. The van der Waals surface area contributed by atoms with Crippen molar-refractivity contribution >= 4 is 40.3 Å². The zero-order chi connectivity index (χ0) is 11.4. The van der Waals surface area contributed by atoms with Gasteiger partial charge in [0, 0.05) is 0 Å². The molecule has 0 aromatic heterocycles. The van der Waals surface area contributed by atoms with Gasteiger partial charge in [0.1, 0.15) is 0 Å². The molecule has 1 aromatic carbocycles. The number of thiocarbonyl (C=S) groups is 2. The van der Waals surface area contributed by atoms with Crippen molar-refractivity contribution < 1.29 is 4.74 Å². The van der Waals surface area contributed by atoms with Gasteiger partial charge >= 0.3 is 0 Å². The first-order valence-electron chi connectivity index (χ1n) is 4.52. The maximum atomic E-state index is 5.16. The molecule has 0 unspecified atom stereocenters. The van der Waals surface area contributed by atoms with Gasteiger partial charge in [-0.1, -0.05) is 30.4 Å². The van der Waals surface area contributed by atoms with Crippen molar-refractivity contribution in [3.8, 4) is 0 Å². The Morgan fingerprint density at radius 2 is 1.87 bits per heavy atom. The van der Waals surface area contributed by atoms with Crippen molar-refractivity contribution in [3.05, 3.63) is 29.8 Å². The minimum absolute atomic E-state index is 0.372. The highest BCUT2D eigenvalue weighted by Gasteiger charge is 2.15. The molecule has 0 aliphatic carbocycles. The number of aryl methyl sites for hydroxylation is 1. The Kier molecular flexibility index (Phi) is 4.17. The lowest BCUT2D eigenvalue weighted by Gasteiger charge is -2.23. The lowest BCUT2D eigenvalue weighted by atomic mass is 10.2. The molecule has 0 bridgehead atoms. The molecular formula is C11H13NOS2. The van der Waals surface area contributed by atoms with Crippen molar-refractivity contribution in [2.45, 2.75) is 13.8 Å². The van der Waals surface area contributed by atoms with Crippen LogP contribution in [0.1, 0.15) is 12.5 Å². The molecule has 0 saturated carbocycles. The molecule has 1 aromatic rings. The highest BCUT2D eigenvalue weighted by Crippen LogP contribution is 2.20. The average Bonchev–Trinajstić information content (AvgIpc) is 2.20. The number of hydrogen-bond donors (Lipinski definition) is 0. The van der Waals surface area contributed by atoms with E-state index in [1.54, 1.807) is 12.0 Å². The largest absolute Gasteiger partial charge is 0.474 e. The van der Waals surface area contributed by atoms with Gasteiger partial charge in [0.25, 0.3) is 5.17 Å². The fourth-order valence-corrected chi connectivity index (χ4v) is 1.78. The van der Waals surface area contributed by atoms with Gasteiger partial charge in [0.05, 0.1) is 17.8 Å². The van der Waals surface area contributed by atoms with E-state index >= 15 is 0 Å². The Hall–Kier alpha value is -1.00. The van der Waals surface area contributed by atoms with E-state index in [-0.39, 0.29) is 0 Å². The zero-order valence-electron chi connectivity index (χ0n) is 8.98. The first-order chi connectivity index (χ1) is 7.07. The van der Waals surface area contributed by atoms with Crippen molar-refractivity contribution in [2.75, 3.05) is 12.0 Å². The summed E-state index contributed by atoms with van der Waals surface area (Å²) in [6, 6.07) is 7.91. The van der Waals surface area contributed by atoms with Crippen molar-refractivity contribution in [3.63, 3.8) is 0 Å². The molecule has 0 N–H and O–H groups in total. The van der Waals surface area contributed by atoms with E-state index in [1.165, 1.54) is 0 Å². The van der Waals surface area contributed by atoms with Crippen LogP contribution < -0.4 is 4.90 Å². The molecule has 0 saturated heterocycles. The summed E-state index contributed by atoms with van der Waals surface area (Å²) in [5.41, 5.74) is 2.08. The van der Waals surface area contributed by atoms with Crippen LogP contribution in [-0.4, -0.2) is 17.3 Å². The second-order valence-electron chi connectivity index (χ2n) is 3.11. The molecule has 1 rings (SSSR count). The second-order valence-corrected chi connectivity index (χ2v) is 4.05. The molecule has 0 radical (unpaired) electrons. The average molecular weight is 239 g/mol. The van der Waals surface area contributed by atoms with Gasteiger partial charge in [-0.15, -0.1) is 0 Å². The number of rotatable bonds is 1. The molecule has 0 heterocycles. The first-order valence-corrected chi connectivity index (χ1v) is 5.34. The third kappa shape index (κ3) is 2.73. The van der Waals surface area contributed by atoms with E-state index in [0.717, 1.165) is 11.3 Å². The number of para-hydroxylation sites is 1. The molecule has 0 aliphatic rings. The summed E-state index contributed by atoms with van der Waals surface area (Å²) < 4.78 is 5.05. The van der Waals surface area contributed by atoms with Gasteiger partial charge in [0.2, 0.25) is 0 Å². The molecule has 0 amide bonds. The highest BCUT2D eigenvalue weighted by atomic mass is 32.1. The first kappa shape index (κ1) is 12.1. The standard InChI is InChI=1S/C11H13NOS2/c1-8-6-4-5-7-10(8)12(9(2)14)11(15)13-3/h4-7H,1-3H3. The zero-order valence-corrected chi connectivity index (χ0v) is 10.6. The van der Waals surface area contributed by atoms with Crippen LogP contribution in [0.2, 0.25) is 0 Å². The Bertz CT molecular complexity index is 390. The number of ether oxygens (including phenoxy) is 1. The number of methoxy groups -OCH3 is 1. The third-order valence-electron chi connectivity index (χ3n) is 2.03. The molecule has 80 valence electrons. The van der Waals surface area contributed by atoms with E-state index in [0.29, 0.717) is 10.2 Å². The Labute approximate surface area is 101 Å². The van der Waals surface area contributed by atoms with E-state index < -0.39 is 0 Å². The number of anilines is 1. The Balaban J connectivity index is 3.16. The van der Waals surface area contributed by atoms with Crippen molar-refractivity contribution in [1.29, 1.82) is 0 Å². The van der Waals surface area contributed by atoms with Gasteiger partial charge in [-0.25, -0.2) is 0 Å². The fourth-order valence-electron chi connectivity index (χ4n) is 1.30. The molecule has 0 fully saturated rings. The quantitative estimate of drug-likeness (QED) is 0.698. The SMILES string of the molecule is COC(=S)N(C(C)=S)c1ccccc1C. The van der Waals surface area contributed by atoms with Crippen LogP contribution in [0.3, 0.4) is 0 Å². The molecular weight excluding hydrogens is 226 g/mol. The van der Waals surface area contributed by atoms with Crippen LogP contribution in [0.4, 0.5) is 5.69 Å². The smallest absolute Gasteiger partial charge is 0.268 e. The highest BCUT2D eigenvalue weighted by molar-refractivity contribution is 7.82. The summed E-state index contributed by atoms with van der Waals surface area (Å²) in [5, 5.41) is 0.372. The minimum atomic E-state index is 0.372. The molecule has 0 spiro atoms.